The van der Waals surface area contributed by atoms with Crippen molar-refractivity contribution >= 4 is 32.9 Å². The van der Waals surface area contributed by atoms with E-state index in [1.807, 2.05) is 47.0 Å². The summed E-state index contributed by atoms with van der Waals surface area (Å²) in [5.41, 5.74) is 3.11. The quantitative estimate of drug-likeness (QED) is 0.543. The summed E-state index contributed by atoms with van der Waals surface area (Å²) in [6, 6.07) is 18.2. The van der Waals surface area contributed by atoms with Gasteiger partial charge in [-0.3, -0.25) is 4.57 Å². The first-order valence-corrected chi connectivity index (χ1v) is 8.77. The van der Waals surface area contributed by atoms with E-state index in [0.717, 1.165) is 21.3 Å². The first-order chi connectivity index (χ1) is 12.2. The molecule has 25 heavy (non-hydrogen) atoms. The molecule has 0 aliphatic carbocycles. The van der Waals surface area contributed by atoms with Crippen LogP contribution in [0.4, 0.5) is 5.95 Å². The molecule has 2 heterocycles. The molecule has 4 rings (SSSR count). The van der Waals surface area contributed by atoms with E-state index in [1.54, 1.807) is 12.5 Å². The normalized spacial score (nSPS) is 12.2. The zero-order chi connectivity index (χ0) is 17.2. The Balaban J connectivity index is 1.65. The van der Waals surface area contributed by atoms with Crippen LogP contribution in [0.15, 0.2) is 71.6 Å². The third-order valence-electron chi connectivity index (χ3n) is 4.04. The second-order valence-electron chi connectivity index (χ2n) is 5.76. The number of anilines is 1. The van der Waals surface area contributed by atoms with Crippen LogP contribution < -0.4 is 5.32 Å². The summed E-state index contributed by atoms with van der Waals surface area (Å²) in [4.78, 5) is 13.4. The lowest BCUT2D eigenvalue weighted by atomic mass is 10.1. The van der Waals surface area contributed by atoms with Gasteiger partial charge in [0.05, 0.1) is 17.1 Å². The number of nitrogens with one attached hydrogen (secondary N) is 1. The highest BCUT2D eigenvalue weighted by Crippen LogP contribution is 2.22. The van der Waals surface area contributed by atoms with Crippen LogP contribution in [-0.4, -0.2) is 19.5 Å². The summed E-state index contributed by atoms with van der Waals surface area (Å²) >= 11 is 3.47. The molecule has 4 aromatic rings. The van der Waals surface area contributed by atoms with Crippen molar-refractivity contribution in [2.75, 3.05) is 5.32 Å². The first kappa shape index (κ1) is 15.8. The fourth-order valence-electron chi connectivity index (χ4n) is 2.74. The largest absolute Gasteiger partial charge is 0.348 e. The molecule has 0 fully saturated rings. The van der Waals surface area contributed by atoms with E-state index in [2.05, 4.69) is 55.3 Å². The molecule has 0 saturated carbocycles. The van der Waals surface area contributed by atoms with Gasteiger partial charge in [0, 0.05) is 10.7 Å². The summed E-state index contributed by atoms with van der Waals surface area (Å²) in [5, 5.41) is 3.35. The molecular weight excluding hydrogens is 378 g/mol. The van der Waals surface area contributed by atoms with Gasteiger partial charge in [-0.15, -0.1) is 0 Å². The van der Waals surface area contributed by atoms with Crippen molar-refractivity contribution < 1.29 is 0 Å². The van der Waals surface area contributed by atoms with Gasteiger partial charge in [0.25, 0.3) is 0 Å². The van der Waals surface area contributed by atoms with Gasteiger partial charge in [-0.1, -0.05) is 46.3 Å². The van der Waals surface area contributed by atoms with Crippen molar-refractivity contribution in [3.8, 4) is 5.82 Å². The monoisotopic (exact) mass is 393 g/mol. The van der Waals surface area contributed by atoms with Crippen LogP contribution in [0.3, 0.4) is 0 Å². The number of aromatic nitrogens is 4. The molecule has 0 aliphatic rings. The van der Waals surface area contributed by atoms with Gasteiger partial charge in [0.15, 0.2) is 0 Å². The van der Waals surface area contributed by atoms with Crippen molar-refractivity contribution in [3.05, 3.63) is 77.2 Å². The summed E-state index contributed by atoms with van der Waals surface area (Å²) in [5.74, 6) is 1.37. The highest BCUT2D eigenvalue weighted by Gasteiger charge is 2.10. The number of benzene rings is 2. The maximum absolute atomic E-state index is 4.64. The van der Waals surface area contributed by atoms with Crippen LogP contribution in [0.1, 0.15) is 18.5 Å². The molecular formula is C19H16BrN5. The van der Waals surface area contributed by atoms with E-state index in [0.29, 0.717) is 5.95 Å². The maximum Gasteiger partial charge on any atom is 0.225 e. The number of halogens is 1. The second-order valence-corrected chi connectivity index (χ2v) is 6.68. The zero-order valence-electron chi connectivity index (χ0n) is 13.6. The average Bonchev–Trinajstić information content (AvgIpc) is 3.05. The number of imidazole rings is 1. The summed E-state index contributed by atoms with van der Waals surface area (Å²) in [6.07, 6.45) is 3.54. The first-order valence-electron chi connectivity index (χ1n) is 7.98. The highest BCUT2D eigenvalue weighted by atomic mass is 79.9. The molecule has 5 nitrogen and oxygen atoms in total. The predicted molar refractivity (Wildman–Crippen MR) is 103 cm³/mol. The topological polar surface area (TPSA) is 55.6 Å². The van der Waals surface area contributed by atoms with E-state index in [9.17, 15) is 0 Å². The van der Waals surface area contributed by atoms with Crippen LogP contribution >= 0.6 is 15.9 Å². The van der Waals surface area contributed by atoms with E-state index >= 15 is 0 Å². The van der Waals surface area contributed by atoms with Crippen molar-refractivity contribution in [3.63, 3.8) is 0 Å². The van der Waals surface area contributed by atoms with E-state index in [4.69, 9.17) is 0 Å². The Morgan fingerprint density at radius 1 is 1.04 bits per heavy atom. The molecule has 1 atom stereocenters. The highest BCUT2D eigenvalue weighted by molar-refractivity contribution is 9.10. The van der Waals surface area contributed by atoms with Crippen molar-refractivity contribution in [1.82, 2.24) is 19.5 Å². The van der Waals surface area contributed by atoms with E-state index in [-0.39, 0.29) is 6.04 Å². The third-order valence-corrected chi connectivity index (χ3v) is 4.54. The third kappa shape index (κ3) is 3.25. The van der Waals surface area contributed by atoms with Crippen molar-refractivity contribution in [2.24, 2.45) is 0 Å². The number of hydrogen-bond acceptors (Lipinski definition) is 4. The van der Waals surface area contributed by atoms with Gasteiger partial charge < -0.3 is 5.32 Å². The minimum atomic E-state index is 0.118. The van der Waals surface area contributed by atoms with Crippen LogP contribution in [0.5, 0.6) is 0 Å². The van der Waals surface area contributed by atoms with Crippen molar-refractivity contribution in [1.29, 1.82) is 0 Å². The van der Waals surface area contributed by atoms with Gasteiger partial charge in [-0.05, 0) is 36.8 Å². The molecule has 2 aromatic carbocycles. The Morgan fingerprint density at radius 3 is 2.72 bits per heavy atom. The molecule has 0 unspecified atom stereocenters. The fourth-order valence-corrected chi connectivity index (χ4v) is 3.09. The smallest absolute Gasteiger partial charge is 0.225 e. The van der Waals surface area contributed by atoms with Gasteiger partial charge in [-0.2, -0.15) is 4.98 Å². The Bertz CT molecular complexity index is 1010. The minimum absolute atomic E-state index is 0.118. The second kappa shape index (κ2) is 6.64. The molecule has 2 aromatic heterocycles. The van der Waals surface area contributed by atoms with E-state index in [1.165, 1.54) is 5.56 Å². The Labute approximate surface area is 153 Å². The summed E-state index contributed by atoms with van der Waals surface area (Å²) < 4.78 is 2.97. The van der Waals surface area contributed by atoms with Crippen molar-refractivity contribution in [2.45, 2.75) is 13.0 Å². The van der Waals surface area contributed by atoms with Crippen LogP contribution in [0.25, 0.3) is 16.9 Å². The minimum Gasteiger partial charge on any atom is -0.348 e. The number of fused-ring (bicyclic) bond motifs is 1. The molecule has 1 N–H and O–H groups in total. The predicted octanol–water partition coefficient (Wildman–Crippen LogP) is 4.75. The van der Waals surface area contributed by atoms with Crippen LogP contribution in [0.2, 0.25) is 0 Å². The molecule has 0 radical (unpaired) electrons. The summed E-state index contributed by atoms with van der Waals surface area (Å²) in [6.45, 7) is 2.09. The molecule has 0 bridgehead atoms. The summed E-state index contributed by atoms with van der Waals surface area (Å²) in [7, 11) is 0. The molecule has 124 valence electrons. The van der Waals surface area contributed by atoms with Gasteiger partial charge in [0.1, 0.15) is 12.1 Å². The number of nitrogens with zero attached hydrogens (tertiary/aromatic N) is 4. The van der Waals surface area contributed by atoms with Gasteiger partial charge in [-0.25, -0.2) is 9.97 Å². The van der Waals surface area contributed by atoms with Crippen LogP contribution in [0, 0.1) is 0 Å². The lowest BCUT2D eigenvalue weighted by molar-refractivity contribution is 0.854. The zero-order valence-corrected chi connectivity index (χ0v) is 15.2. The number of hydrogen-bond donors (Lipinski definition) is 1. The molecule has 0 aliphatic heterocycles. The lowest BCUT2D eigenvalue weighted by Crippen LogP contribution is -2.10. The number of rotatable bonds is 4. The Morgan fingerprint density at radius 2 is 1.88 bits per heavy atom. The fraction of sp³-hybridized carbons (Fsp3) is 0.105. The van der Waals surface area contributed by atoms with Gasteiger partial charge >= 0.3 is 0 Å². The van der Waals surface area contributed by atoms with E-state index < -0.39 is 0 Å². The molecule has 0 amide bonds. The SMILES string of the molecule is C[C@H](Nc1nccc(-n2cnc3cc(Br)ccc32)n1)c1ccccc1. The molecule has 6 heteroatoms. The lowest BCUT2D eigenvalue weighted by Gasteiger charge is -2.14. The Hall–Kier alpha value is -2.73. The molecule has 0 spiro atoms. The average molecular weight is 394 g/mol. The van der Waals surface area contributed by atoms with Gasteiger partial charge in [0.2, 0.25) is 5.95 Å². The maximum atomic E-state index is 4.64. The molecule has 0 saturated heterocycles. The Kier molecular flexibility index (Phi) is 4.19. The van der Waals surface area contributed by atoms with Crippen LogP contribution in [-0.2, 0) is 0 Å². The standard InChI is InChI=1S/C19H16BrN5/c1-13(14-5-3-2-4-6-14)23-19-21-10-9-18(24-19)25-12-22-16-11-15(20)7-8-17(16)25/h2-13H,1H3,(H,21,23,24)/t13-/m0/s1.